The van der Waals surface area contributed by atoms with Crippen LogP contribution in [0.5, 0.6) is 0 Å². The molecule has 0 radical (unpaired) electrons. The molecule has 0 rings (SSSR count). The number of nitrogens with zero attached hydrogens (tertiary/aromatic N) is 1. The van der Waals surface area contributed by atoms with Crippen LogP contribution in [0.15, 0.2) is 0 Å². The van der Waals surface area contributed by atoms with E-state index in [4.69, 9.17) is 10.2 Å². The fourth-order valence-electron chi connectivity index (χ4n) is 1.09. The number of carboxylic acids is 1. The lowest BCUT2D eigenvalue weighted by Crippen LogP contribution is -2.41. The molecule has 0 aromatic carbocycles. The SMILES string of the molecule is CCCN(C=O)[C@@H](CCO)C(=O)O. The van der Waals surface area contributed by atoms with Crippen LogP contribution in [0, 0.1) is 0 Å². The van der Waals surface area contributed by atoms with E-state index < -0.39 is 12.0 Å². The molecule has 0 saturated carbocycles. The maximum Gasteiger partial charge on any atom is 0.326 e. The predicted molar refractivity (Wildman–Crippen MR) is 46.2 cm³/mol. The molecule has 0 aliphatic rings. The van der Waals surface area contributed by atoms with Crippen LogP contribution < -0.4 is 0 Å². The van der Waals surface area contributed by atoms with Crippen LogP contribution in [0.2, 0.25) is 0 Å². The van der Waals surface area contributed by atoms with E-state index in [9.17, 15) is 9.59 Å². The van der Waals surface area contributed by atoms with Crippen LogP contribution in [-0.2, 0) is 9.59 Å². The van der Waals surface area contributed by atoms with Gasteiger partial charge in [-0.25, -0.2) is 4.79 Å². The molecule has 0 saturated heterocycles. The second-order valence-electron chi connectivity index (χ2n) is 2.71. The fraction of sp³-hybridized carbons (Fsp3) is 0.750. The van der Waals surface area contributed by atoms with Gasteiger partial charge in [0.1, 0.15) is 6.04 Å². The number of aliphatic hydroxyl groups is 1. The summed E-state index contributed by atoms with van der Waals surface area (Å²) in [5, 5.41) is 17.3. The summed E-state index contributed by atoms with van der Waals surface area (Å²) >= 11 is 0. The maximum atomic E-state index is 10.7. The summed E-state index contributed by atoms with van der Waals surface area (Å²) in [5.41, 5.74) is 0. The maximum absolute atomic E-state index is 10.7. The van der Waals surface area contributed by atoms with Crippen molar-refractivity contribution in [2.45, 2.75) is 25.8 Å². The average Bonchev–Trinajstić information content (AvgIpc) is 2.10. The largest absolute Gasteiger partial charge is 0.480 e. The van der Waals surface area contributed by atoms with Gasteiger partial charge in [-0.3, -0.25) is 4.79 Å². The Morgan fingerprint density at radius 2 is 2.23 bits per heavy atom. The van der Waals surface area contributed by atoms with Gasteiger partial charge < -0.3 is 15.1 Å². The number of hydrogen-bond donors (Lipinski definition) is 2. The van der Waals surface area contributed by atoms with Crippen LogP contribution in [0.3, 0.4) is 0 Å². The standard InChI is InChI=1S/C8H15NO4/c1-2-4-9(6-11)7(3-5-10)8(12)13/h6-7,10H,2-5H2,1H3,(H,12,13)/t7-/m0/s1. The molecule has 5 heteroatoms. The summed E-state index contributed by atoms with van der Waals surface area (Å²) in [6.45, 7) is 2.03. The number of amides is 1. The Bertz CT molecular complexity index is 172. The molecule has 0 bridgehead atoms. The molecule has 0 heterocycles. The number of aliphatic carboxylic acids is 1. The van der Waals surface area contributed by atoms with Crippen LogP contribution in [0.25, 0.3) is 0 Å². The zero-order chi connectivity index (χ0) is 10.3. The summed E-state index contributed by atoms with van der Waals surface area (Å²) < 4.78 is 0. The third kappa shape index (κ3) is 3.89. The zero-order valence-electron chi connectivity index (χ0n) is 7.64. The molecule has 1 amide bonds. The van der Waals surface area contributed by atoms with Crippen molar-refractivity contribution < 1.29 is 19.8 Å². The summed E-state index contributed by atoms with van der Waals surface area (Å²) in [4.78, 5) is 22.3. The third-order valence-corrected chi connectivity index (χ3v) is 1.71. The predicted octanol–water partition coefficient (Wildman–Crippen LogP) is -0.310. The quantitative estimate of drug-likeness (QED) is 0.538. The molecule has 1 atom stereocenters. The van der Waals surface area contributed by atoms with E-state index in [1.165, 1.54) is 4.90 Å². The Labute approximate surface area is 77.0 Å². The summed E-state index contributed by atoms with van der Waals surface area (Å²) in [6.07, 6.45) is 1.29. The van der Waals surface area contributed by atoms with Crippen LogP contribution in [0.1, 0.15) is 19.8 Å². The second kappa shape index (κ2) is 6.42. The van der Waals surface area contributed by atoms with E-state index in [2.05, 4.69) is 0 Å². The third-order valence-electron chi connectivity index (χ3n) is 1.71. The molecule has 0 fully saturated rings. The van der Waals surface area contributed by atoms with E-state index in [1.54, 1.807) is 0 Å². The highest BCUT2D eigenvalue weighted by Crippen LogP contribution is 2.02. The van der Waals surface area contributed by atoms with Gasteiger partial charge in [0, 0.05) is 19.6 Å². The van der Waals surface area contributed by atoms with Crippen LogP contribution >= 0.6 is 0 Å². The summed E-state index contributed by atoms with van der Waals surface area (Å²) in [7, 11) is 0. The van der Waals surface area contributed by atoms with Crippen molar-refractivity contribution in [1.82, 2.24) is 4.90 Å². The van der Waals surface area contributed by atoms with Gasteiger partial charge in [-0.05, 0) is 6.42 Å². The topological polar surface area (TPSA) is 77.8 Å². The minimum Gasteiger partial charge on any atom is -0.480 e. The van der Waals surface area contributed by atoms with Gasteiger partial charge in [0.15, 0.2) is 0 Å². The Morgan fingerprint density at radius 1 is 1.62 bits per heavy atom. The summed E-state index contributed by atoms with van der Waals surface area (Å²) in [5.74, 6) is -1.07. The molecule has 5 nitrogen and oxygen atoms in total. The number of hydrogen-bond acceptors (Lipinski definition) is 3. The molecule has 76 valence electrons. The van der Waals surface area contributed by atoms with Crippen molar-refractivity contribution in [2.24, 2.45) is 0 Å². The van der Waals surface area contributed by atoms with E-state index in [0.717, 1.165) is 0 Å². The number of carbonyl (C=O) groups excluding carboxylic acids is 1. The van der Waals surface area contributed by atoms with Gasteiger partial charge in [0.2, 0.25) is 6.41 Å². The molecule has 2 N–H and O–H groups in total. The normalized spacial score (nSPS) is 12.2. The van der Waals surface area contributed by atoms with Crippen molar-refractivity contribution in [3.8, 4) is 0 Å². The monoisotopic (exact) mass is 189 g/mol. The first-order valence-electron chi connectivity index (χ1n) is 4.22. The molecule has 0 aromatic heterocycles. The lowest BCUT2D eigenvalue weighted by molar-refractivity contribution is -0.147. The van der Waals surface area contributed by atoms with Crippen molar-refractivity contribution in [2.75, 3.05) is 13.2 Å². The highest BCUT2D eigenvalue weighted by Gasteiger charge is 2.22. The van der Waals surface area contributed by atoms with Gasteiger partial charge in [-0.2, -0.15) is 0 Å². The van der Waals surface area contributed by atoms with Gasteiger partial charge >= 0.3 is 5.97 Å². The Kier molecular flexibility index (Phi) is 5.88. The smallest absolute Gasteiger partial charge is 0.326 e. The lowest BCUT2D eigenvalue weighted by atomic mass is 10.2. The molecule has 13 heavy (non-hydrogen) atoms. The highest BCUT2D eigenvalue weighted by atomic mass is 16.4. The first-order valence-corrected chi connectivity index (χ1v) is 4.22. The van der Waals surface area contributed by atoms with Crippen molar-refractivity contribution >= 4 is 12.4 Å². The van der Waals surface area contributed by atoms with Crippen molar-refractivity contribution in [3.05, 3.63) is 0 Å². The van der Waals surface area contributed by atoms with Gasteiger partial charge in [-0.15, -0.1) is 0 Å². The molecule has 0 aromatic rings. The summed E-state index contributed by atoms with van der Waals surface area (Å²) in [6, 6.07) is -0.901. The fourth-order valence-corrected chi connectivity index (χ4v) is 1.09. The lowest BCUT2D eigenvalue weighted by Gasteiger charge is -2.23. The Hall–Kier alpha value is -1.10. The van der Waals surface area contributed by atoms with Gasteiger partial charge in [-0.1, -0.05) is 6.92 Å². The number of aliphatic hydroxyl groups excluding tert-OH is 1. The van der Waals surface area contributed by atoms with E-state index in [1.807, 2.05) is 6.92 Å². The molecule has 0 spiro atoms. The molecule has 0 aliphatic carbocycles. The van der Waals surface area contributed by atoms with Crippen LogP contribution in [-0.4, -0.2) is 46.7 Å². The zero-order valence-corrected chi connectivity index (χ0v) is 7.64. The first-order chi connectivity index (χ1) is 6.17. The minimum absolute atomic E-state index is 0.0775. The molecule has 0 aliphatic heterocycles. The number of carboxylic acid groups (broad SMARTS) is 1. The Balaban J connectivity index is 4.28. The minimum atomic E-state index is -1.07. The number of rotatable bonds is 7. The van der Waals surface area contributed by atoms with Gasteiger partial charge in [0.25, 0.3) is 0 Å². The first kappa shape index (κ1) is 11.9. The van der Waals surface area contributed by atoms with Gasteiger partial charge in [0.05, 0.1) is 0 Å². The van der Waals surface area contributed by atoms with Crippen LogP contribution in [0.4, 0.5) is 0 Å². The van der Waals surface area contributed by atoms with Crippen molar-refractivity contribution in [3.63, 3.8) is 0 Å². The average molecular weight is 189 g/mol. The number of carbonyl (C=O) groups is 2. The molecular formula is C8H15NO4. The molecule has 0 unspecified atom stereocenters. The van der Waals surface area contributed by atoms with E-state index >= 15 is 0 Å². The Morgan fingerprint density at radius 3 is 2.54 bits per heavy atom. The highest BCUT2D eigenvalue weighted by molar-refractivity contribution is 5.76. The molecular weight excluding hydrogens is 174 g/mol. The van der Waals surface area contributed by atoms with E-state index in [-0.39, 0.29) is 13.0 Å². The van der Waals surface area contributed by atoms with Crippen molar-refractivity contribution in [1.29, 1.82) is 0 Å². The second-order valence-corrected chi connectivity index (χ2v) is 2.71. The van der Waals surface area contributed by atoms with E-state index in [0.29, 0.717) is 19.4 Å².